The molecular weight excluding hydrogens is 287 g/mol. The number of halogens is 1. The molecule has 0 spiro atoms. The minimum atomic E-state index is -0.812. The molecule has 0 aromatic heterocycles. The van der Waals surface area contributed by atoms with Crippen molar-refractivity contribution < 1.29 is 19.1 Å². The Kier molecular flexibility index (Phi) is 5.13. The summed E-state index contributed by atoms with van der Waals surface area (Å²) < 4.78 is 14.1. The first-order valence-electron chi connectivity index (χ1n) is 7.46. The number of hydrogen-bond acceptors (Lipinski definition) is 4. The number of piperazine rings is 1. The molecule has 1 N–H and O–H groups in total. The monoisotopic (exact) mass is 308 g/mol. The van der Waals surface area contributed by atoms with Gasteiger partial charge in [-0.15, -0.1) is 0 Å². The summed E-state index contributed by atoms with van der Waals surface area (Å²) in [6, 6.07) is 4.03. The third-order valence-electron chi connectivity index (χ3n) is 4.12. The normalized spacial score (nSPS) is 17.3. The van der Waals surface area contributed by atoms with E-state index in [1.807, 2.05) is 16.7 Å². The van der Waals surface area contributed by atoms with E-state index < -0.39 is 17.8 Å². The number of carboxylic acid groups (broad SMARTS) is 1. The van der Waals surface area contributed by atoms with Crippen LogP contribution in [-0.2, 0) is 4.79 Å². The Morgan fingerprint density at radius 1 is 1.27 bits per heavy atom. The second-order valence-corrected chi connectivity index (χ2v) is 5.51. The Hall–Kier alpha value is -1.95. The van der Waals surface area contributed by atoms with E-state index in [0.717, 1.165) is 0 Å². The lowest BCUT2D eigenvalue weighted by atomic mass is 10.1. The number of hydrogen-bond donors (Lipinski definition) is 1. The number of ketones is 1. The molecule has 22 heavy (non-hydrogen) atoms. The van der Waals surface area contributed by atoms with Crippen LogP contribution in [0.3, 0.4) is 0 Å². The molecule has 1 fully saturated rings. The van der Waals surface area contributed by atoms with Gasteiger partial charge in [0.05, 0.1) is 5.69 Å². The largest absolute Gasteiger partial charge is 0.480 e. The van der Waals surface area contributed by atoms with Crippen LogP contribution in [0.5, 0.6) is 0 Å². The van der Waals surface area contributed by atoms with Crippen molar-refractivity contribution >= 4 is 17.4 Å². The van der Waals surface area contributed by atoms with Crippen LogP contribution in [0, 0.1) is 5.82 Å². The van der Waals surface area contributed by atoms with Crippen LogP contribution in [0.4, 0.5) is 10.1 Å². The summed E-state index contributed by atoms with van der Waals surface area (Å²) in [5.41, 5.74) is 0.824. The highest BCUT2D eigenvalue weighted by Gasteiger charge is 2.28. The number of carbonyl (C=O) groups is 2. The minimum absolute atomic E-state index is 0.164. The van der Waals surface area contributed by atoms with Crippen LogP contribution in [0.2, 0.25) is 0 Å². The Balaban J connectivity index is 2.05. The van der Waals surface area contributed by atoms with E-state index in [1.54, 1.807) is 12.1 Å². The summed E-state index contributed by atoms with van der Waals surface area (Å²) in [7, 11) is 0. The first kappa shape index (κ1) is 16.4. The zero-order chi connectivity index (χ0) is 16.3. The van der Waals surface area contributed by atoms with Crippen molar-refractivity contribution in [3.8, 4) is 0 Å². The standard InChI is InChI=1S/C16H21FN2O3/c1-3-14(16(21)22)18-6-8-19(9-7-18)15-5-4-12(11(2)20)10-13(15)17/h4-5,10,14H,3,6-9H2,1-2H3,(H,21,22). The lowest BCUT2D eigenvalue weighted by molar-refractivity contribution is -0.143. The molecule has 1 saturated heterocycles. The van der Waals surface area contributed by atoms with Crippen LogP contribution in [0.1, 0.15) is 30.6 Å². The molecule has 1 aromatic rings. The number of aliphatic carboxylic acids is 1. The van der Waals surface area contributed by atoms with E-state index in [-0.39, 0.29) is 5.78 Å². The van der Waals surface area contributed by atoms with Crippen LogP contribution in [0.15, 0.2) is 18.2 Å². The fourth-order valence-corrected chi connectivity index (χ4v) is 2.85. The second kappa shape index (κ2) is 6.87. The smallest absolute Gasteiger partial charge is 0.320 e. The van der Waals surface area contributed by atoms with E-state index in [2.05, 4.69) is 0 Å². The second-order valence-electron chi connectivity index (χ2n) is 5.51. The predicted octanol–water partition coefficient (Wildman–Crippen LogP) is 2.01. The summed E-state index contributed by atoms with van der Waals surface area (Å²) in [6.07, 6.45) is 0.553. The molecule has 5 nitrogen and oxygen atoms in total. The Morgan fingerprint density at radius 2 is 1.91 bits per heavy atom. The van der Waals surface area contributed by atoms with Gasteiger partial charge >= 0.3 is 5.97 Å². The SMILES string of the molecule is CCC(C(=O)O)N1CCN(c2ccc(C(C)=O)cc2F)CC1. The van der Waals surface area contributed by atoms with E-state index in [0.29, 0.717) is 43.9 Å². The lowest BCUT2D eigenvalue weighted by Gasteiger charge is -2.38. The quantitative estimate of drug-likeness (QED) is 0.843. The van der Waals surface area contributed by atoms with Gasteiger partial charge in [0.1, 0.15) is 11.9 Å². The zero-order valence-electron chi connectivity index (χ0n) is 12.9. The fourth-order valence-electron chi connectivity index (χ4n) is 2.85. The van der Waals surface area contributed by atoms with Gasteiger partial charge in [-0.3, -0.25) is 14.5 Å². The third-order valence-corrected chi connectivity index (χ3v) is 4.12. The summed E-state index contributed by atoms with van der Waals surface area (Å²) in [6.45, 7) is 5.56. The molecule has 1 aliphatic heterocycles. The molecule has 6 heteroatoms. The van der Waals surface area contributed by atoms with Gasteiger partial charge in [0, 0.05) is 31.7 Å². The van der Waals surface area contributed by atoms with Gasteiger partial charge in [-0.2, -0.15) is 0 Å². The van der Waals surface area contributed by atoms with Crippen molar-refractivity contribution in [2.45, 2.75) is 26.3 Å². The van der Waals surface area contributed by atoms with Crippen molar-refractivity contribution in [1.82, 2.24) is 4.90 Å². The van der Waals surface area contributed by atoms with Crippen LogP contribution < -0.4 is 4.90 Å². The molecule has 1 aromatic carbocycles. The van der Waals surface area contributed by atoms with Gasteiger partial charge in [-0.05, 0) is 31.5 Å². The highest BCUT2D eigenvalue weighted by Crippen LogP contribution is 2.23. The van der Waals surface area contributed by atoms with E-state index in [1.165, 1.54) is 13.0 Å². The molecule has 120 valence electrons. The van der Waals surface area contributed by atoms with Crippen molar-refractivity contribution in [3.63, 3.8) is 0 Å². The van der Waals surface area contributed by atoms with E-state index in [9.17, 15) is 19.1 Å². The van der Waals surface area contributed by atoms with Gasteiger partial charge in [-0.25, -0.2) is 4.39 Å². The average molecular weight is 308 g/mol. The van der Waals surface area contributed by atoms with Gasteiger partial charge in [-0.1, -0.05) is 6.92 Å². The Morgan fingerprint density at radius 3 is 2.36 bits per heavy atom. The van der Waals surface area contributed by atoms with Gasteiger partial charge in [0.25, 0.3) is 0 Å². The number of carboxylic acids is 1. The highest BCUT2D eigenvalue weighted by atomic mass is 19.1. The number of rotatable bonds is 5. The van der Waals surface area contributed by atoms with Gasteiger partial charge in [0.15, 0.2) is 5.78 Å². The summed E-state index contributed by atoms with van der Waals surface area (Å²) in [5, 5.41) is 9.19. The van der Waals surface area contributed by atoms with Gasteiger partial charge < -0.3 is 10.0 Å². The maximum absolute atomic E-state index is 14.1. The summed E-state index contributed by atoms with van der Waals surface area (Å²) >= 11 is 0. The minimum Gasteiger partial charge on any atom is -0.480 e. The van der Waals surface area contributed by atoms with Crippen LogP contribution in [0.25, 0.3) is 0 Å². The first-order chi connectivity index (χ1) is 10.4. The molecule has 1 aliphatic rings. The first-order valence-corrected chi connectivity index (χ1v) is 7.46. The molecule has 1 atom stereocenters. The highest BCUT2D eigenvalue weighted by molar-refractivity contribution is 5.94. The van der Waals surface area contributed by atoms with E-state index >= 15 is 0 Å². The van der Waals surface area contributed by atoms with Gasteiger partial charge in [0.2, 0.25) is 0 Å². The fraction of sp³-hybridized carbons (Fsp3) is 0.500. The molecule has 0 aliphatic carbocycles. The molecular formula is C16H21FN2O3. The molecule has 1 heterocycles. The molecule has 0 saturated carbocycles. The predicted molar refractivity (Wildman–Crippen MR) is 81.9 cm³/mol. The summed E-state index contributed by atoms with van der Waals surface area (Å²) in [4.78, 5) is 26.3. The number of nitrogens with zero attached hydrogens (tertiary/aromatic N) is 2. The maximum atomic E-state index is 14.1. The molecule has 0 radical (unpaired) electrons. The summed E-state index contributed by atoms with van der Waals surface area (Å²) in [5.74, 6) is -1.39. The number of benzene rings is 1. The molecule has 0 amide bonds. The van der Waals surface area contributed by atoms with Crippen molar-refractivity contribution in [2.75, 3.05) is 31.1 Å². The molecule has 1 unspecified atom stereocenters. The lowest BCUT2D eigenvalue weighted by Crippen LogP contribution is -2.52. The topological polar surface area (TPSA) is 60.9 Å². The van der Waals surface area contributed by atoms with Crippen molar-refractivity contribution in [3.05, 3.63) is 29.6 Å². The molecule has 2 rings (SSSR count). The zero-order valence-corrected chi connectivity index (χ0v) is 12.9. The number of anilines is 1. The number of Topliss-reactive ketones (excluding diaryl/α,β-unsaturated/α-hetero) is 1. The van der Waals surface area contributed by atoms with Crippen molar-refractivity contribution in [1.29, 1.82) is 0 Å². The third kappa shape index (κ3) is 3.44. The number of carbonyl (C=O) groups excluding carboxylic acids is 1. The van der Waals surface area contributed by atoms with Crippen molar-refractivity contribution in [2.24, 2.45) is 0 Å². The molecule has 0 bridgehead atoms. The maximum Gasteiger partial charge on any atom is 0.320 e. The van der Waals surface area contributed by atoms with E-state index in [4.69, 9.17) is 0 Å². The Bertz CT molecular complexity index is 569. The van der Waals surface area contributed by atoms with Crippen LogP contribution in [-0.4, -0.2) is 54.0 Å². The van der Waals surface area contributed by atoms with Crippen LogP contribution >= 0.6 is 0 Å². The Labute approximate surface area is 129 Å². The average Bonchev–Trinajstić information content (AvgIpc) is 2.48.